The van der Waals surface area contributed by atoms with Gasteiger partial charge in [-0.05, 0) is 0 Å². The summed E-state index contributed by atoms with van der Waals surface area (Å²) >= 11 is 0. The van der Waals surface area contributed by atoms with Crippen molar-refractivity contribution in [3.8, 4) is 0 Å². The van der Waals surface area contributed by atoms with Gasteiger partial charge in [0.05, 0.1) is 0 Å². The smallest absolute Gasteiger partial charge is 2.00 e. The molecule has 0 fully saturated rings. The topological polar surface area (TPSA) is 28.5 Å². The van der Waals surface area contributed by atoms with Crippen LogP contribution in [-0.2, 0) is 64.4 Å². The van der Waals surface area contributed by atoms with E-state index in [9.17, 15) is 0 Å². The van der Waals surface area contributed by atoms with Gasteiger partial charge in [0.2, 0.25) is 0 Å². The van der Waals surface area contributed by atoms with E-state index in [0.717, 1.165) is 0 Å². The number of rotatable bonds is 0. The van der Waals surface area contributed by atoms with Gasteiger partial charge in [0, 0.05) is 0 Å². The fourth-order valence-corrected chi connectivity index (χ4v) is 0. The molecule has 8 valence electrons. The van der Waals surface area contributed by atoms with E-state index in [-0.39, 0.29) is 87.4 Å². The third-order valence-electron chi connectivity index (χ3n) is 0. The zero-order chi connectivity index (χ0) is 0. The Bertz CT molecular complexity index is 8.00. The summed E-state index contributed by atoms with van der Waals surface area (Å²) in [4.78, 5) is 0. The van der Waals surface area contributed by atoms with Crippen LogP contribution in [0.3, 0.4) is 0 Å². The van der Waals surface area contributed by atoms with E-state index in [1.165, 1.54) is 0 Å². The zero-order valence-corrected chi connectivity index (χ0v) is 8.90. The second kappa shape index (κ2) is 17.2. The summed E-state index contributed by atoms with van der Waals surface area (Å²) in [6.07, 6.45) is 0. The summed E-state index contributed by atoms with van der Waals surface area (Å²) in [7, 11) is 0. The minimum Gasteiger partial charge on any atom is -2.00 e. The molecule has 4 heavy (non-hydrogen) atoms. The maximum absolute atomic E-state index is 0. The Kier molecular flexibility index (Phi) is 128. The van der Waals surface area contributed by atoms with Gasteiger partial charge < -0.3 is 5.48 Å². The number of hydrogen-bond donors (Lipinski definition) is 0. The van der Waals surface area contributed by atoms with Crippen molar-refractivity contribution >= 4 is 23.1 Å². The first kappa shape index (κ1) is 29.8. The largest absolute Gasteiger partial charge is 4.00 e. The number of hydrogen-bond acceptors (Lipinski definition) is 0. The Labute approximate surface area is 85.8 Å². The van der Waals surface area contributed by atoms with Gasteiger partial charge in [-0.25, -0.2) is 0 Å². The van der Waals surface area contributed by atoms with Gasteiger partial charge in [-0.3, -0.25) is 0 Å². The molecule has 0 aromatic carbocycles. The van der Waals surface area contributed by atoms with Crippen LogP contribution in [0.2, 0.25) is 0 Å². The summed E-state index contributed by atoms with van der Waals surface area (Å²) in [5.41, 5.74) is 0. The van der Waals surface area contributed by atoms with Crippen LogP contribution in [0, 0.1) is 0 Å². The van der Waals surface area contributed by atoms with Gasteiger partial charge in [-0.15, -0.1) is 0 Å². The Morgan fingerprint density at radius 3 is 1.00 bits per heavy atom. The second-order valence-electron chi connectivity index (χ2n) is 0. The maximum atomic E-state index is 0. The maximum Gasteiger partial charge on any atom is 4.00 e. The van der Waals surface area contributed by atoms with E-state index in [0.29, 0.717) is 0 Å². The Morgan fingerprint density at radius 1 is 1.00 bits per heavy atom. The predicted molar refractivity (Wildman–Crippen MR) is 6.44 cm³/mol. The molecule has 0 spiro atoms. The van der Waals surface area contributed by atoms with Crippen molar-refractivity contribution in [2.24, 2.45) is 0 Å². The van der Waals surface area contributed by atoms with Crippen molar-refractivity contribution in [3.05, 3.63) is 0 Å². The van der Waals surface area contributed by atoms with E-state index >= 15 is 0 Å². The van der Waals surface area contributed by atoms with Crippen LogP contribution in [0.1, 0.15) is 0 Å². The molecular weight excluding hydrogens is 220 g/mol. The van der Waals surface area contributed by atoms with Crippen LogP contribution >= 0.6 is 0 Å². The average Bonchev–Trinajstić information content (AvgIpc) is 0. The molecule has 0 heterocycles. The summed E-state index contributed by atoms with van der Waals surface area (Å²) < 4.78 is 0. The molecule has 0 aliphatic heterocycles. The monoisotopic (exact) mass is 219 g/mol. The van der Waals surface area contributed by atoms with Crippen molar-refractivity contribution in [3.63, 3.8) is 0 Å². The van der Waals surface area contributed by atoms with Gasteiger partial charge in [0.1, 0.15) is 0 Å². The standard InChI is InChI=1S/Mg.O.Y.Zr/q+2;-2;+3;+4. The second-order valence-corrected chi connectivity index (χ2v) is 0. The van der Waals surface area contributed by atoms with Crippen molar-refractivity contribution in [1.82, 2.24) is 0 Å². The summed E-state index contributed by atoms with van der Waals surface area (Å²) in [5.74, 6) is 0. The minimum atomic E-state index is 0. The third-order valence-corrected chi connectivity index (χ3v) is 0. The van der Waals surface area contributed by atoms with Crippen LogP contribution in [0.4, 0.5) is 0 Å². The molecule has 0 aromatic heterocycles. The first-order valence-corrected chi connectivity index (χ1v) is 0. The third kappa shape index (κ3) is 8.83. The SMILES string of the molecule is [Mg+2].[O-2].[Y+3].[Zr+4]. The van der Waals surface area contributed by atoms with Crippen LogP contribution < -0.4 is 0 Å². The molecule has 0 aliphatic carbocycles. The molecule has 0 saturated carbocycles. The molecule has 0 aliphatic rings. The summed E-state index contributed by atoms with van der Waals surface area (Å²) in [6, 6.07) is 0. The average molecular weight is 220 g/mol. The molecular formula is MgOYZr+7. The molecule has 0 N–H and O–H groups in total. The molecule has 0 atom stereocenters. The molecule has 0 saturated heterocycles. The van der Waals surface area contributed by atoms with Crippen LogP contribution in [-0.4, -0.2) is 23.1 Å². The molecule has 0 bridgehead atoms. The van der Waals surface area contributed by atoms with Crippen LogP contribution in [0.5, 0.6) is 0 Å². The van der Waals surface area contributed by atoms with Crippen molar-refractivity contribution in [2.45, 2.75) is 0 Å². The molecule has 0 amide bonds. The van der Waals surface area contributed by atoms with E-state index in [2.05, 4.69) is 0 Å². The fourth-order valence-electron chi connectivity index (χ4n) is 0. The van der Waals surface area contributed by atoms with Crippen LogP contribution in [0.15, 0.2) is 0 Å². The molecule has 4 heteroatoms. The normalized spacial score (nSPS) is 0. The van der Waals surface area contributed by atoms with E-state index in [1.807, 2.05) is 0 Å². The van der Waals surface area contributed by atoms with E-state index in [4.69, 9.17) is 0 Å². The van der Waals surface area contributed by atoms with Gasteiger partial charge in [-0.1, -0.05) is 0 Å². The van der Waals surface area contributed by atoms with Gasteiger partial charge >= 0.3 is 82.0 Å². The molecule has 0 unspecified atom stereocenters. The molecule has 1 nitrogen and oxygen atoms in total. The fraction of sp³-hybridized carbons (Fsp3) is 0. The van der Waals surface area contributed by atoms with Crippen molar-refractivity contribution in [1.29, 1.82) is 0 Å². The van der Waals surface area contributed by atoms with E-state index in [1.54, 1.807) is 0 Å². The van der Waals surface area contributed by atoms with Crippen LogP contribution in [0.25, 0.3) is 0 Å². The predicted octanol–water partition coefficient (Wildman–Crippen LogP) is -0.505. The summed E-state index contributed by atoms with van der Waals surface area (Å²) in [5, 5.41) is 0. The summed E-state index contributed by atoms with van der Waals surface area (Å²) in [6.45, 7) is 0. The Hall–Kier alpha value is 2.71. The first-order valence-electron chi connectivity index (χ1n) is 0. The van der Waals surface area contributed by atoms with E-state index < -0.39 is 0 Å². The van der Waals surface area contributed by atoms with Gasteiger partial charge in [-0.2, -0.15) is 0 Å². The Morgan fingerprint density at radius 2 is 1.00 bits per heavy atom. The zero-order valence-electron chi connectivity index (χ0n) is 2.19. The molecule has 0 rings (SSSR count). The van der Waals surface area contributed by atoms with Crippen molar-refractivity contribution < 1.29 is 64.4 Å². The first-order chi connectivity index (χ1) is 0. The molecule has 0 radical (unpaired) electrons. The molecule has 0 aromatic rings. The quantitative estimate of drug-likeness (QED) is 0.492. The minimum absolute atomic E-state index is 0. The Balaban J connectivity index is 0. The van der Waals surface area contributed by atoms with Crippen molar-refractivity contribution in [2.75, 3.05) is 0 Å². The van der Waals surface area contributed by atoms with Gasteiger partial charge in [0.15, 0.2) is 0 Å². The van der Waals surface area contributed by atoms with Gasteiger partial charge in [0.25, 0.3) is 0 Å².